The predicted molar refractivity (Wildman–Crippen MR) is 116 cm³/mol. The van der Waals surface area contributed by atoms with Gasteiger partial charge < -0.3 is 24.1 Å². The number of likely N-dealkylation sites (tertiary alicyclic amines) is 1. The Bertz CT molecular complexity index is 886. The molecule has 0 spiro atoms. The van der Waals surface area contributed by atoms with Gasteiger partial charge in [-0.15, -0.1) is 0 Å². The monoisotopic (exact) mass is 394 g/mol. The fraction of sp³-hybridized carbons (Fsp3) is 0.417. The molecule has 0 atom stereocenters. The number of hydrogen-bond acceptors (Lipinski definition) is 4. The maximum atomic E-state index is 5.75. The van der Waals surface area contributed by atoms with Crippen LogP contribution in [-0.4, -0.2) is 56.4 Å². The van der Waals surface area contributed by atoms with Crippen LogP contribution in [-0.2, 0) is 4.74 Å². The number of aromatic nitrogens is 1. The largest absolute Gasteiger partial charge is 0.497 e. The van der Waals surface area contributed by atoms with Gasteiger partial charge in [0.2, 0.25) is 0 Å². The molecular weight excluding hydrogens is 364 g/mol. The Morgan fingerprint density at radius 1 is 0.966 bits per heavy atom. The van der Waals surface area contributed by atoms with Crippen LogP contribution in [0, 0.1) is 0 Å². The van der Waals surface area contributed by atoms with Crippen molar-refractivity contribution in [3.05, 3.63) is 60.3 Å². The van der Waals surface area contributed by atoms with Gasteiger partial charge in [-0.05, 0) is 67.7 Å². The first-order valence-corrected chi connectivity index (χ1v) is 10.5. The highest BCUT2D eigenvalue weighted by Gasteiger charge is 2.22. The molecule has 0 unspecified atom stereocenters. The number of H-pyrrole nitrogens is 1. The highest BCUT2D eigenvalue weighted by Crippen LogP contribution is 2.34. The molecule has 0 aliphatic carbocycles. The summed E-state index contributed by atoms with van der Waals surface area (Å²) in [4.78, 5) is 5.92. The van der Waals surface area contributed by atoms with Crippen molar-refractivity contribution in [2.75, 3.05) is 46.6 Å². The summed E-state index contributed by atoms with van der Waals surface area (Å²) in [7, 11) is 1.72. The highest BCUT2D eigenvalue weighted by molar-refractivity contribution is 5.85. The van der Waals surface area contributed by atoms with Crippen molar-refractivity contribution >= 4 is 10.9 Å². The average molecular weight is 395 g/mol. The number of ether oxygens (including phenoxy) is 3. The van der Waals surface area contributed by atoms with Crippen molar-refractivity contribution in [2.45, 2.75) is 18.8 Å². The molecule has 1 aliphatic rings. The summed E-state index contributed by atoms with van der Waals surface area (Å²) in [6.45, 7) is 5.20. The summed E-state index contributed by atoms with van der Waals surface area (Å²) >= 11 is 0. The molecular formula is C24H30N2O3. The third-order valence-electron chi connectivity index (χ3n) is 5.74. The Morgan fingerprint density at radius 3 is 2.59 bits per heavy atom. The van der Waals surface area contributed by atoms with Crippen LogP contribution in [0.2, 0.25) is 0 Å². The lowest BCUT2D eigenvalue weighted by molar-refractivity contribution is 0.0734. The number of aromatic amines is 1. The molecule has 1 saturated heterocycles. The van der Waals surface area contributed by atoms with E-state index in [9.17, 15) is 0 Å². The molecule has 0 amide bonds. The minimum absolute atomic E-state index is 0.593. The number of rotatable bonds is 9. The predicted octanol–water partition coefficient (Wildman–Crippen LogP) is 4.45. The fourth-order valence-electron chi connectivity index (χ4n) is 4.08. The molecule has 1 fully saturated rings. The number of fused-ring (bicyclic) bond motifs is 1. The van der Waals surface area contributed by atoms with Gasteiger partial charge in [-0.25, -0.2) is 0 Å². The van der Waals surface area contributed by atoms with E-state index in [1.54, 1.807) is 7.11 Å². The van der Waals surface area contributed by atoms with E-state index in [-0.39, 0.29) is 0 Å². The van der Waals surface area contributed by atoms with Crippen LogP contribution >= 0.6 is 0 Å². The van der Waals surface area contributed by atoms with Gasteiger partial charge in [0, 0.05) is 23.6 Å². The molecule has 3 aromatic rings. The second-order valence-corrected chi connectivity index (χ2v) is 7.55. The summed E-state index contributed by atoms with van der Waals surface area (Å²) in [5.41, 5.74) is 2.61. The molecule has 154 valence electrons. The Kier molecular flexibility index (Phi) is 6.70. The molecule has 1 N–H and O–H groups in total. The molecule has 2 heterocycles. The SMILES string of the molecule is COc1ccc2[nH]cc(C3CCN(CCOCCOc4ccccc4)CC3)c2c1. The van der Waals surface area contributed by atoms with Crippen molar-refractivity contribution in [3.8, 4) is 11.5 Å². The van der Waals surface area contributed by atoms with Gasteiger partial charge in [-0.1, -0.05) is 18.2 Å². The average Bonchev–Trinajstić information content (AvgIpc) is 3.20. The normalized spacial score (nSPS) is 15.6. The molecule has 29 heavy (non-hydrogen) atoms. The van der Waals surface area contributed by atoms with Gasteiger partial charge in [0.15, 0.2) is 0 Å². The van der Waals surface area contributed by atoms with Crippen LogP contribution in [0.3, 0.4) is 0 Å². The van der Waals surface area contributed by atoms with E-state index in [4.69, 9.17) is 14.2 Å². The van der Waals surface area contributed by atoms with Crippen LogP contribution < -0.4 is 9.47 Å². The molecule has 1 aliphatic heterocycles. The van der Waals surface area contributed by atoms with Crippen molar-refractivity contribution < 1.29 is 14.2 Å². The van der Waals surface area contributed by atoms with Gasteiger partial charge >= 0.3 is 0 Å². The summed E-state index contributed by atoms with van der Waals surface area (Å²) in [5.74, 6) is 2.42. The summed E-state index contributed by atoms with van der Waals surface area (Å²) in [5, 5.41) is 1.30. The number of piperidine rings is 1. The van der Waals surface area contributed by atoms with E-state index in [1.165, 1.54) is 29.3 Å². The number of nitrogens with one attached hydrogen (secondary N) is 1. The van der Waals surface area contributed by atoms with Crippen LogP contribution in [0.15, 0.2) is 54.7 Å². The van der Waals surface area contributed by atoms with Crippen molar-refractivity contribution in [3.63, 3.8) is 0 Å². The van der Waals surface area contributed by atoms with Crippen LogP contribution in [0.25, 0.3) is 10.9 Å². The van der Waals surface area contributed by atoms with Crippen molar-refractivity contribution in [1.29, 1.82) is 0 Å². The lowest BCUT2D eigenvalue weighted by atomic mass is 9.89. The molecule has 2 aromatic carbocycles. The summed E-state index contributed by atoms with van der Waals surface area (Å²) in [6, 6.07) is 16.1. The smallest absolute Gasteiger partial charge is 0.119 e. The third-order valence-corrected chi connectivity index (χ3v) is 5.74. The first-order chi connectivity index (χ1) is 14.3. The zero-order valence-corrected chi connectivity index (χ0v) is 17.1. The lowest BCUT2D eigenvalue weighted by Crippen LogP contribution is -2.35. The van der Waals surface area contributed by atoms with E-state index in [0.29, 0.717) is 19.1 Å². The van der Waals surface area contributed by atoms with Gasteiger partial charge in [0.1, 0.15) is 18.1 Å². The first kappa shape index (κ1) is 19.8. The van der Waals surface area contributed by atoms with Gasteiger partial charge in [-0.3, -0.25) is 0 Å². The molecule has 0 bridgehead atoms. The summed E-state index contributed by atoms with van der Waals surface area (Å²) in [6.07, 6.45) is 4.54. The van der Waals surface area contributed by atoms with E-state index >= 15 is 0 Å². The molecule has 0 radical (unpaired) electrons. The Morgan fingerprint density at radius 2 is 1.79 bits per heavy atom. The quantitative estimate of drug-likeness (QED) is 0.545. The highest BCUT2D eigenvalue weighted by atomic mass is 16.5. The Hall–Kier alpha value is -2.50. The fourth-order valence-corrected chi connectivity index (χ4v) is 4.08. The van der Waals surface area contributed by atoms with E-state index in [1.807, 2.05) is 36.4 Å². The lowest BCUT2D eigenvalue weighted by Gasteiger charge is -2.31. The van der Waals surface area contributed by atoms with E-state index < -0.39 is 0 Å². The topological polar surface area (TPSA) is 46.7 Å². The maximum absolute atomic E-state index is 5.75. The van der Waals surface area contributed by atoms with Crippen LogP contribution in [0.4, 0.5) is 0 Å². The molecule has 0 saturated carbocycles. The zero-order valence-electron chi connectivity index (χ0n) is 17.1. The van der Waals surface area contributed by atoms with Crippen LogP contribution in [0.5, 0.6) is 11.5 Å². The maximum Gasteiger partial charge on any atom is 0.119 e. The zero-order chi connectivity index (χ0) is 19.9. The molecule has 4 rings (SSSR count). The number of benzene rings is 2. The van der Waals surface area contributed by atoms with E-state index in [0.717, 1.165) is 37.7 Å². The number of nitrogens with zero attached hydrogens (tertiary/aromatic N) is 1. The number of hydrogen-bond donors (Lipinski definition) is 1. The Balaban J connectivity index is 1.17. The van der Waals surface area contributed by atoms with Crippen molar-refractivity contribution in [1.82, 2.24) is 9.88 Å². The second-order valence-electron chi connectivity index (χ2n) is 7.55. The first-order valence-electron chi connectivity index (χ1n) is 10.5. The van der Waals surface area contributed by atoms with Gasteiger partial charge in [0.05, 0.1) is 20.3 Å². The molecule has 1 aromatic heterocycles. The number of methoxy groups -OCH3 is 1. The second kappa shape index (κ2) is 9.81. The standard InChI is InChI=1S/C24H30N2O3/c1-27-21-7-8-24-22(17-21)23(18-25-24)19-9-11-26(12-10-19)13-14-28-15-16-29-20-5-3-2-4-6-20/h2-8,17-19,25H,9-16H2,1H3. The summed E-state index contributed by atoms with van der Waals surface area (Å²) < 4.78 is 16.8. The molecule has 5 heteroatoms. The minimum atomic E-state index is 0.593. The van der Waals surface area contributed by atoms with Gasteiger partial charge in [0.25, 0.3) is 0 Å². The Labute approximate surface area is 172 Å². The minimum Gasteiger partial charge on any atom is -0.497 e. The van der Waals surface area contributed by atoms with Crippen molar-refractivity contribution in [2.24, 2.45) is 0 Å². The van der Waals surface area contributed by atoms with E-state index in [2.05, 4.69) is 28.2 Å². The molecule has 5 nitrogen and oxygen atoms in total. The van der Waals surface area contributed by atoms with Gasteiger partial charge in [-0.2, -0.15) is 0 Å². The number of para-hydroxylation sites is 1. The third kappa shape index (κ3) is 5.11. The van der Waals surface area contributed by atoms with Crippen LogP contribution in [0.1, 0.15) is 24.3 Å².